The van der Waals surface area contributed by atoms with Crippen molar-refractivity contribution in [2.24, 2.45) is 5.73 Å². The van der Waals surface area contributed by atoms with Crippen LogP contribution in [0, 0.1) is 5.82 Å². The van der Waals surface area contributed by atoms with Crippen molar-refractivity contribution in [3.8, 4) is 11.5 Å². The highest BCUT2D eigenvalue weighted by Gasteiger charge is 2.10. The van der Waals surface area contributed by atoms with Crippen molar-refractivity contribution in [1.82, 2.24) is 0 Å². The van der Waals surface area contributed by atoms with Crippen molar-refractivity contribution in [3.63, 3.8) is 0 Å². The quantitative estimate of drug-likeness (QED) is 0.782. The molecule has 0 amide bonds. The van der Waals surface area contributed by atoms with Gasteiger partial charge in [0, 0.05) is 6.54 Å². The van der Waals surface area contributed by atoms with Gasteiger partial charge in [-0.1, -0.05) is 6.07 Å². The van der Waals surface area contributed by atoms with E-state index >= 15 is 0 Å². The predicted molar refractivity (Wildman–Crippen MR) is 87.0 cm³/mol. The Morgan fingerprint density at radius 2 is 1.76 bits per heavy atom. The number of hydrogen-bond donors (Lipinski definition) is 1. The molecule has 0 saturated carbocycles. The Hall–Kier alpha value is -1.11. The molecular weight excluding hydrogens is 405 g/mol. The molecule has 112 valence electrons. The fourth-order valence-corrected chi connectivity index (χ4v) is 3.33. The zero-order chi connectivity index (χ0) is 15.4. The highest BCUT2D eigenvalue weighted by Crippen LogP contribution is 2.35. The maximum atomic E-state index is 13.6. The minimum absolute atomic E-state index is 0.216. The Morgan fingerprint density at radius 3 is 2.29 bits per heavy atom. The summed E-state index contributed by atoms with van der Waals surface area (Å²) in [7, 11) is 1.43. The first-order valence-electron chi connectivity index (χ1n) is 6.18. The molecule has 0 aromatic heterocycles. The smallest absolute Gasteiger partial charge is 0.165 e. The Bertz CT molecular complexity index is 627. The number of halogens is 3. The number of nitrogens with two attached hydrogens (primary N) is 1. The second-order valence-corrected chi connectivity index (χ2v) is 6.06. The van der Waals surface area contributed by atoms with Crippen LogP contribution < -0.4 is 15.2 Å². The first-order chi connectivity index (χ1) is 10.0. The first kappa shape index (κ1) is 16.3. The summed E-state index contributed by atoms with van der Waals surface area (Å²) in [5.74, 6) is 0.465. The molecule has 2 aromatic rings. The highest BCUT2D eigenvalue weighted by atomic mass is 79.9. The maximum Gasteiger partial charge on any atom is 0.165 e. The van der Waals surface area contributed by atoms with Gasteiger partial charge in [0.25, 0.3) is 0 Å². The van der Waals surface area contributed by atoms with E-state index in [1.807, 2.05) is 12.1 Å². The summed E-state index contributed by atoms with van der Waals surface area (Å²) in [6, 6.07) is 8.53. The van der Waals surface area contributed by atoms with Crippen molar-refractivity contribution in [2.75, 3.05) is 7.11 Å². The largest absolute Gasteiger partial charge is 0.494 e. The lowest BCUT2D eigenvalue weighted by Gasteiger charge is -2.12. The van der Waals surface area contributed by atoms with Gasteiger partial charge in [-0.05, 0) is 67.3 Å². The van der Waals surface area contributed by atoms with Gasteiger partial charge in [-0.15, -0.1) is 0 Å². The minimum Gasteiger partial charge on any atom is -0.494 e. The summed E-state index contributed by atoms with van der Waals surface area (Å²) in [4.78, 5) is 0. The van der Waals surface area contributed by atoms with E-state index in [0.29, 0.717) is 12.3 Å². The minimum atomic E-state index is -0.407. The molecule has 3 nitrogen and oxygen atoms in total. The third-order valence-electron chi connectivity index (χ3n) is 2.89. The first-order valence-corrected chi connectivity index (χ1v) is 7.77. The molecule has 0 aliphatic heterocycles. The van der Waals surface area contributed by atoms with Gasteiger partial charge in [-0.2, -0.15) is 0 Å². The second kappa shape index (κ2) is 7.24. The van der Waals surface area contributed by atoms with Gasteiger partial charge >= 0.3 is 0 Å². The van der Waals surface area contributed by atoms with E-state index in [0.717, 1.165) is 20.1 Å². The molecule has 2 N–H and O–H groups in total. The number of benzene rings is 2. The topological polar surface area (TPSA) is 44.5 Å². The molecule has 0 fully saturated rings. The summed E-state index contributed by atoms with van der Waals surface area (Å²) in [6.45, 7) is 0.696. The van der Waals surface area contributed by atoms with Crippen LogP contribution in [0.25, 0.3) is 0 Å². The van der Waals surface area contributed by atoms with Crippen LogP contribution in [0.15, 0.2) is 39.3 Å². The number of rotatable bonds is 5. The Kier molecular flexibility index (Phi) is 5.61. The van der Waals surface area contributed by atoms with Crippen LogP contribution in [-0.2, 0) is 13.2 Å². The fourth-order valence-electron chi connectivity index (χ4n) is 1.82. The third-order valence-corrected chi connectivity index (χ3v) is 4.07. The van der Waals surface area contributed by atoms with Gasteiger partial charge < -0.3 is 15.2 Å². The average molecular weight is 419 g/mol. The monoisotopic (exact) mass is 417 g/mol. The second-order valence-electron chi connectivity index (χ2n) is 4.35. The molecule has 0 unspecified atom stereocenters. The summed E-state index contributed by atoms with van der Waals surface area (Å²) in [5.41, 5.74) is 7.31. The molecule has 2 rings (SSSR count). The number of hydrogen-bond acceptors (Lipinski definition) is 3. The lowest BCUT2D eigenvalue weighted by atomic mass is 10.2. The van der Waals surface area contributed by atoms with Crippen LogP contribution in [0.4, 0.5) is 4.39 Å². The molecule has 2 aromatic carbocycles. The molecule has 6 heteroatoms. The maximum absolute atomic E-state index is 13.6. The van der Waals surface area contributed by atoms with E-state index in [-0.39, 0.29) is 12.4 Å². The zero-order valence-corrected chi connectivity index (χ0v) is 14.5. The lowest BCUT2D eigenvalue weighted by molar-refractivity contribution is 0.300. The van der Waals surface area contributed by atoms with Gasteiger partial charge in [-0.3, -0.25) is 0 Å². The predicted octanol–water partition coefficient (Wildman–Crippen LogP) is 4.40. The lowest BCUT2D eigenvalue weighted by Crippen LogP contribution is -2.01. The third kappa shape index (κ3) is 3.96. The van der Waals surface area contributed by atoms with E-state index < -0.39 is 5.82 Å². The summed E-state index contributed by atoms with van der Waals surface area (Å²) < 4.78 is 25.8. The summed E-state index contributed by atoms with van der Waals surface area (Å²) in [6.07, 6.45) is 0. The van der Waals surface area contributed by atoms with E-state index in [1.165, 1.54) is 13.2 Å². The van der Waals surface area contributed by atoms with Crippen LogP contribution in [0.1, 0.15) is 11.1 Å². The van der Waals surface area contributed by atoms with Gasteiger partial charge in [0.15, 0.2) is 11.6 Å². The van der Waals surface area contributed by atoms with Crippen molar-refractivity contribution in [3.05, 3.63) is 56.2 Å². The van der Waals surface area contributed by atoms with Crippen molar-refractivity contribution >= 4 is 31.9 Å². The SMILES string of the molecule is COc1ccc(COc2c(Br)cc(CN)cc2Br)cc1F. The average Bonchev–Trinajstić information content (AvgIpc) is 2.46. The molecule has 0 bridgehead atoms. The fraction of sp³-hybridized carbons (Fsp3) is 0.200. The van der Waals surface area contributed by atoms with E-state index in [2.05, 4.69) is 31.9 Å². The van der Waals surface area contributed by atoms with E-state index in [1.54, 1.807) is 12.1 Å². The van der Waals surface area contributed by atoms with E-state index in [9.17, 15) is 4.39 Å². The molecule has 0 radical (unpaired) electrons. The van der Waals surface area contributed by atoms with Crippen LogP contribution in [0.2, 0.25) is 0 Å². The van der Waals surface area contributed by atoms with Crippen molar-refractivity contribution < 1.29 is 13.9 Å². The molecule has 0 saturated heterocycles. The molecule has 0 heterocycles. The Labute approximate surface area is 139 Å². The Morgan fingerprint density at radius 1 is 1.10 bits per heavy atom. The van der Waals surface area contributed by atoms with Gasteiger partial charge in [0.05, 0.1) is 16.1 Å². The standard InChI is InChI=1S/C15H14Br2FNO2/c1-20-14-3-2-9(6-13(14)18)8-21-15-11(16)4-10(7-19)5-12(15)17/h2-6H,7-8,19H2,1H3. The molecular formula is C15H14Br2FNO2. The zero-order valence-electron chi connectivity index (χ0n) is 11.3. The van der Waals surface area contributed by atoms with Gasteiger partial charge in [0.1, 0.15) is 12.4 Å². The number of ether oxygens (including phenoxy) is 2. The van der Waals surface area contributed by atoms with Crippen LogP contribution in [-0.4, -0.2) is 7.11 Å². The molecule has 0 aliphatic carbocycles. The number of methoxy groups -OCH3 is 1. The summed E-state index contributed by atoms with van der Waals surface area (Å²) >= 11 is 6.89. The molecule has 0 spiro atoms. The van der Waals surface area contributed by atoms with Crippen LogP contribution in [0.5, 0.6) is 11.5 Å². The van der Waals surface area contributed by atoms with E-state index in [4.69, 9.17) is 15.2 Å². The van der Waals surface area contributed by atoms with Crippen molar-refractivity contribution in [1.29, 1.82) is 0 Å². The molecule has 0 aliphatic rings. The van der Waals surface area contributed by atoms with Crippen LogP contribution >= 0.6 is 31.9 Å². The normalized spacial score (nSPS) is 10.5. The van der Waals surface area contributed by atoms with Crippen molar-refractivity contribution in [2.45, 2.75) is 13.2 Å². The summed E-state index contributed by atoms with van der Waals surface area (Å²) in [5, 5.41) is 0. The molecule has 0 atom stereocenters. The Balaban J connectivity index is 2.15. The molecule has 21 heavy (non-hydrogen) atoms. The highest BCUT2D eigenvalue weighted by molar-refractivity contribution is 9.11. The van der Waals surface area contributed by atoms with Gasteiger partial charge in [0.2, 0.25) is 0 Å². The van der Waals surface area contributed by atoms with Crippen LogP contribution in [0.3, 0.4) is 0 Å². The van der Waals surface area contributed by atoms with Gasteiger partial charge in [-0.25, -0.2) is 4.39 Å².